The van der Waals surface area contributed by atoms with Gasteiger partial charge in [0.15, 0.2) is 0 Å². The van der Waals surface area contributed by atoms with Crippen molar-refractivity contribution in [2.75, 3.05) is 20.3 Å². The Morgan fingerprint density at radius 1 is 1.19 bits per heavy atom. The minimum atomic E-state index is -0.494. The Balaban J connectivity index is 1.74. The maximum Gasteiger partial charge on any atom is 0.270 e. The van der Waals surface area contributed by atoms with Crippen molar-refractivity contribution >= 4 is 46.0 Å². The van der Waals surface area contributed by atoms with E-state index in [1.54, 1.807) is 19.2 Å². The molecule has 1 aliphatic rings. The fourth-order valence-corrected chi connectivity index (χ4v) is 4.02. The zero-order chi connectivity index (χ0) is 22.4. The minimum absolute atomic E-state index is 0.0971. The van der Waals surface area contributed by atoms with Gasteiger partial charge in [0, 0.05) is 24.7 Å². The van der Waals surface area contributed by atoms with E-state index in [2.05, 4.69) is 6.58 Å². The van der Waals surface area contributed by atoms with E-state index in [0.717, 1.165) is 23.1 Å². The average molecular weight is 457 g/mol. The van der Waals surface area contributed by atoms with Gasteiger partial charge in [0.2, 0.25) is 0 Å². The molecule has 0 aromatic heterocycles. The molecule has 1 fully saturated rings. The van der Waals surface area contributed by atoms with E-state index in [9.17, 15) is 14.9 Å². The quantitative estimate of drug-likeness (QED) is 0.136. The van der Waals surface area contributed by atoms with Gasteiger partial charge in [0.25, 0.3) is 11.6 Å². The van der Waals surface area contributed by atoms with Crippen LogP contribution in [0.4, 0.5) is 5.69 Å². The number of ether oxygens (including phenoxy) is 2. The zero-order valence-corrected chi connectivity index (χ0v) is 18.4. The number of hydrogen-bond donors (Lipinski definition) is 0. The van der Waals surface area contributed by atoms with Crippen LogP contribution in [0.15, 0.2) is 60.0 Å². The maximum absolute atomic E-state index is 12.3. The molecule has 1 heterocycles. The third kappa shape index (κ3) is 5.50. The molecule has 0 spiro atoms. The van der Waals surface area contributed by atoms with Crippen LogP contribution in [-0.4, -0.2) is 40.3 Å². The molecule has 1 amide bonds. The van der Waals surface area contributed by atoms with Gasteiger partial charge >= 0.3 is 0 Å². The van der Waals surface area contributed by atoms with Crippen molar-refractivity contribution in [3.05, 3.63) is 81.3 Å². The first kappa shape index (κ1) is 22.5. The summed E-state index contributed by atoms with van der Waals surface area (Å²) in [5.74, 6) is 0.908. The lowest BCUT2D eigenvalue weighted by Gasteiger charge is -2.13. The number of thioether (sulfide) groups is 1. The molecule has 9 heteroatoms. The van der Waals surface area contributed by atoms with Crippen LogP contribution in [0.3, 0.4) is 0 Å². The van der Waals surface area contributed by atoms with E-state index in [0.29, 0.717) is 27.0 Å². The van der Waals surface area contributed by atoms with Gasteiger partial charge in [0.05, 0.1) is 9.83 Å². The molecule has 160 valence electrons. The number of non-ortho nitro benzene ring substituents is 1. The zero-order valence-electron chi connectivity index (χ0n) is 16.8. The second-order valence-electron chi connectivity index (χ2n) is 6.52. The number of nitrogens with zero attached hydrogens (tertiary/aromatic N) is 2. The van der Waals surface area contributed by atoms with Gasteiger partial charge in [-0.2, -0.15) is 0 Å². The minimum Gasteiger partial charge on any atom is -0.490 e. The van der Waals surface area contributed by atoms with Crippen LogP contribution in [-0.2, 0) is 11.2 Å². The van der Waals surface area contributed by atoms with Crippen molar-refractivity contribution in [3.63, 3.8) is 0 Å². The first-order valence-corrected chi connectivity index (χ1v) is 10.6. The number of amides is 1. The van der Waals surface area contributed by atoms with E-state index < -0.39 is 4.92 Å². The van der Waals surface area contributed by atoms with Gasteiger partial charge in [-0.15, -0.1) is 6.58 Å². The van der Waals surface area contributed by atoms with Crippen LogP contribution in [0, 0.1) is 10.1 Å². The molecule has 0 N–H and O–H groups in total. The molecule has 2 aromatic rings. The number of likely N-dealkylation sites (N-methyl/N-ethyl adjacent to an activating group) is 1. The van der Waals surface area contributed by atoms with E-state index in [1.165, 1.54) is 23.1 Å². The average Bonchev–Trinajstić information content (AvgIpc) is 2.99. The van der Waals surface area contributed by atoms with Crippen molar-refractivity contribution in [2.24, 2.45) is 0 Å². The number of benzene rings is 2. The summed E-state index contributed by atoms with van der Waals surface area (Å²) in [6.07, 6.45) is 4.06. The van der Waals surface area contributed by atoms with E-state index in [1.807, 2.05) is 24.3 Å². The molecule has 2 aromatic carbocycles. The van der Waals surface area contributed by atoms with Crippen molar-refractivity contribution in [3.8, 4) is 11.5 Å². The van der Waals surface area contributed by atoms with E-state index in [-0.39, 0.29) is 24.8 Å². The number of nitro benzene ring substituents is 1. The smallest absolute Gasteiger partial charge is 0.270 e. The molecule has 0 bridgehead atoms. The number of carbonyl (C=O) groups excluding carboxylic acids is 1. The highest BCUT2D eigenvalue weighted by atomic mass is 32.2. The Kier molecular flexibility index (Phi) is 7.43. The molecule has 1 aliphatic heterocycles. The topological polar surface area (TPSA) is 81.9 Å². The molecule has 0 saturated carbocycles. The van der Waals surface area contributed by atoms with Crippen LogP contribution in [0.2, 0.25) is 0 Å². The summed E-state index contributed by atoms with van der Waals surface area (Å²) < 4.78 is 12.1. The fraction of sp³-hybridized carbons (Fsp3) is 0.182. The Morgan fingerprint density at radius 3 is 2.55 bits per heavy atom. The van der Waals surface area contributed by atoms with Crippen molar-refractivity contribution in [1.29, 1.82) is 0 Å². The predicted molar refractivity (Wildman–Crippen MR) is 125 cm³/mol. The number of allylic oxidation sites excluding steroid dienone is 1. The summed E-state index contributed by atoms with van der Waals surface area (Å²) in [4.78, 5) is 24.7. The van der Waals surface area contributed by atoms with E-state index in [4.69, 9.17) is 21.7 Å². The third-order valence-corrected chi connectivity index (χ3v) is 5.90. The largest absolute Gasteiger partial charge is 0.490 e. The van der Waals surface area contributed by atoms with Crippen LogP contribution < -0.4 is 9.47 Å². The third-order valence-electron chi connectivity index (χ3n) is 4.41. The second kappa shape index (κ2) is 10.2. The standard InChI is InChI=1S/C22H20N2O5S2/c1-3-6-15-7-4-5-8-18(15)28-11-12-29-19-10-9-17(24(26)27)13-16(19)14-20-21(25)23(2)22(30)31-20/h3-5,7-10,13-14H,1,6,11-12H2,2H3. The molecule has 0 radical (unpaired) electrons. The molecule has 0 atom stereocenters. The van der Waals surface area contributed by atoms with Gasteiger partial charge in [-0.05, 0) is 30.2 Å². The number of para-hydroxylation sites is 1. The lowest BCUT2D eigenvalue weighted by Crippen LogP contribution is -2.22. The first-order chi connectivity index (χ1) is 14.9. The lowest BCUT2D eigenvalue weighted by molar-refractivity contribution is -0.384. The molecule has 1 saturated heterocycles. The predicted octanol–water partition coefficient (Wildman–Crippen LogP) is 4.61. The van der Waals surface area contributed by atoms with Crippen LogP contribution in [0.25, 0.3) is 6.08 Å². The van der Waals surface area contributed by atoms with Crippen LogP contribution in [0.1, 0.15) is 11.1 Å². The molecule has 31 heavy (non-hydrogen) atoms. The monoisotopic (exact) mass is 456 g/mol. The highest BCUT2D eigenvalue weighted by Crippen LogP contribution is 2.34. The summed E-state index contributed by atoms with van der Waals surface area (Å²) >= 11 is 6.28. The summed E-state index contributed by atoms with van der Waals surface area (Å²) in [5, 5.41) is 11.2. The number of thiocarbonyl (C=S) groups is 1. The number of hydrogen-bond acceptors (Lipinski definition) is 7. The van der Waals surface area contributed by atoms with Gasteiger partial charge in [0.1, 0.15) is 29.0 Å². The van der Waals surface area contributed by atoms with Crippen molar-refractivity contribution in [2.45, 2.75) is 6.42 Å². The lowest BCUT2D eigenvalue weighted by atomic mass is 10.1. The molecule has 0 unspecified atom stereocenters. The highest BCUT2D eigenvalue weighted by Gasteiger charge is 2.29. The van der Waals surface area contributed by atoms with Gasteiger partial charge in [-0.1, -0.05) is 48.3 Å². The molecular formula is C22H20N2O5S2. The Morgan fingerprint density at radius 2 is 1.90 bits per heavy atom. The highest BCUT2D eigenvalue weighted by molar-refractivity contribution is 8.26. The number of nitro groups is 1. The van der Waals surface area contributed by atoms with Crippen LogP contribution >= 0.6 is 24.0 Å². The van der Waals surface area contributed by atoms with Crippen LogP contribution in [0.5, 0.6) is 11.5 Å². The summed E-state index contributed by atoms with van der Waals surface area (Å²) in [6, 6.07) is 11.9. The Bertz CT molecular complexity index is 1070. The molecule has 3 rings (SSSR count). The Hall–Kier alpha value is -3.17. The van der Waals surface area contributed by atoms with Gasteiger partial charge < -0.3 is 9.47 Å². The normalized spacial score (nSPS) is 14.7. The summed E-state index contributed by atoms with van der Waals surface area (Å²) in [5.41, 5.74) is 1.35. The fourth-order valence-electron chi connectivity index (χ4n) is 2.85. The summed E-state index contributed by atoms with van der Waals surface area (Å²) in [7, 11) is 1.59. The number of carbonyl (C=O) groups is 1. The summed E-state index contributed by atoms with van der Waals surface area (Å²) in [6.45, 7) is 4.25. The molecule has 0 aliphatic carbocycles. The molecular weight excluding hydrogens is 436 g/mol. The maximum atomic E-state index is 12.3. The number of rotatable bonds is 9. The van der Waals surface area contributed by atoms with Crippen molar-refractivity contribution in [1.82, 2.24) is 4.90 Å². The van der Waals surface area contributed by atoms with Gasteiger partial charge in [-0.3, -0.25) is 19.8 Å². The SMILES string of the molecule is C=CCc1ccccc1OCCOc1ccc([N+](=O)[O-])cc1C=C1SC(=S)N(C)C1=O. The first-order valence-electron chi connectivity index (χ1n) is 9.35. The Labute approximate surface area is 189 Å². The van der Waals surface area contributed by atoms with E-state index >= 15 is 0 Å². The molecule has 7 nitrogen and oxygen atoms in total. The van der Waals surface area contributed by atoms with Gasteiger partial charge in [-0.25, -0.2) is 0 Å². The van der Waals surface area contributed by atoms with Crippen molar-refractivity contribution < 1.29 is 19.2 Å². The second-order valence-corrected chi connectivity index (χ2v) is 8.19.